The fourth-order valence-electron chi connectivity index (χ4n) is 4.71. The molecule has 1 N–H and O–H groups in total. The first-order valence-corrected chi connectivity index (χ1v) is 10.4. The molecule has 1 saturated carbocycles. The maximum Gasteiger partial charge on any atom is 0.433 e. The van der Waals surface area contributed by atoms with Gasteiger partial charge in [0, 0.05) is 25.7 Å². The summed E-state index contributed by atoms with van der Waals surface area (Å²) in [4.78, 5) is 5.87. The average Bonchev–Trinajstić information content (AvgIpc) is 3.42. The zero-order chi connectivity index (χ0) is 20.0. The largest absolute Gasteiger partial charge is 0.433 e. The molecule has 2 aromatic heterocycles. The van der Waals surface area contributed by atoms with Gasteiger partial charge in [0.2, 0.25) is 0 Å². The van der Waals surface area contributed by atoms with Gasteiger partial charge >= 0.3 is 6.18 Å². The Balaban J connectivity index is 1.27. The van der Waals surface area contributed by atoms with Crippen molar-refractivity contribution in [2.45, 2.75) is 31.6 Å². The zero-order valence-corrected chi connectivity index (χ0v) is 16.4. The Morgan fingerprint density at radius 3 is 2.79 bits per heavy atom. The van der Waals surface area contributed by atoms with Crippen LogP contribution in [0.25, 0.3) is 11.0 Å². The van der Waals surface area contributed by atoms with E-state index in [1.807, 2.05) is 17.0 Å². The average molecular weight is 419 g/mol. The molecule has 5 nitrogen and oxygen atoms in total. The minimum Gasteiger partial charge on any atom is -0.356 e. The van der Waals surface area contributed by atoms with Crippen LogP contribution in [0.1, 0.15) is 24.1 Å². The monoisotopic (exact) mass is 419 g/mol. The Bertz CT molecular complexity index is 1020. The van der Waals surface area contributed by atoms with E-state index in [1.54, 1.807) is 6.07 Å². The minimum absolute atomic E-state index is 0.345. The third-order valence-corrected chi connectivity index (χ3v) is 6.67. The molecule has 2 aliphatic rings. The van der Waals surface area contributed by atoms with Crippen LogP contribution >= 0.6 is 11.7 Å². The Labute approximate surface area is 170 Å². The Morgan fingerprint density at radius 2 is 1.93 bits per heavy atom. The first-order valence-electron chi connectivity index (χ1n) is 9.72. The van der Waals surface area contributed by atoms with Crippen molar-refractivity contribution in [2.75, 3.05) is 18.0 Å². The quantitative estimate of drug-likeness (QED) is 0.690. The molecule has 3 atom stereocenters. The van der Waals surface area contributed by atoms with Crippen LogP contribution in [0.3, 0.4) is 0 Å². The lowest BCUT2D eigenvalue weighted by Gasteiger charge is -2.23. The van der Waals surface area contributed by atoms with Gasteiger partial charge in [-0.3, -0.25) is 0 Å². The number of aromatic nitrogens is 3. The van der Waals surface area contributed by atoms with Crippen LogP contribution in [0.2, 0.25) is 0 Å². The molecule has 0 spiro atoms. The summed E-state index contributed by atoms with van der Waals surface area (Å²) in [6.07, 6.45) is -2.24. The summed E-state index contributed by atoms with van der Waals surface area (Å²) < 4.78 is 47.7. The van der Waals surface area contributed by atoms with E-state index in [9.17, 15) is 13.2 Å². The first kappa shape index (κ1) is 18.7. The topological polar surface area (TPSA) is 53.9 Å². The van der Waals surface area contributed by atoms with E-state index in [-0.39, 0.29) is 0 Å². The predicted molar refractivity (Wildman–Crippen MR) is 106 cm³/mol. The number of benzene rings is 1. The van der Waals surface area contributed by atoms with E-state index >= 15 is 0 Å². The summed E-state index contributed by atoms with van der Waals surface area (Å²) in [5.74, 6) is 1.32. The molecule has 5 rings (SSSR count). The van der Waals surface area contributed by atoms with Crippen molar-refractivity contribution >= 4 is 28.6 Å². The number of nitrogens with zero attached hydrogens (tertiary/aromatic N) is 4. The molecule has 0 radical (unpaired) electrons. The van der Waals surface area contributed by atoms with E-state index < -0.39 is 11.9 Å². The molecule has 1 aliphatic carbocycles. The maximum atomic E-state index is 13.0. The number of alkyl halides is 3. The maximum absolute atomic E-state index is 13.0. The first-order chi connectivity index (χ1) is 14.0. The highest BCUT2D eigenvalue weighted by molar-refractivity contribution is 7.00. The number of anilines is 1. The Hall–Kier alpha value is -2.26. The number of hydrogen-bond acceptors (Lipinski definition) is 6. The molecule has 29 heavy (non-hydrogen) atoms. The highest BCUT2D eigenvalue weighted by Crippen LogP contribution is 2.40. The third kappa shape index (κ3) is 3.57. The van der Waals surface area contributed by atoms with Crippen molar-refractivity contribution in [2.24, 2.45) is 11.8 Å². The molecule has 1 saturated heterocycles. The van der Waals surface area contributed by atoms with E-state index in [2.05, 4.69) is 25.1 Å². The van der Waals surface area contributed by atoms with E-state index in [1.165, 1.54) is 17.8 Å². The van der Waals surface area contributed by atoms with E-state index in [0.717, 1.165) is 55.1 Å². The molecular weight excluding hydrogens is 399 g/mol. The predicted octanol–water partition coefficient (Wildman–Crippen LogP) is 4.11. The van der Waals surface area contributed by atoms with Gasteiger partial charge in [0.1, 0.15) is 22.5 Å². The second-order valence-corrected chi connectivity index (χ2v) is 8.35. The SMILES string of the molecule is FC(F)(F)c1cccc(N2C[C@H]3CC[C@H](NCc4cccc5nsnc45)[C@H]3C2)n1. The van der Waals surface area contributed by atoms with Crippen LogP contribution < -0.4 is 10.2 Å². The van der Waals surface area contributed by atoms with Gasteiger partial charge in [-0.25, -0.2) is 4.98 Å². The third-order valence-electron chi connectivity index (χ3n) is 6.13. The lowest BCUT2D eigenvalue weighted by molar-refractivity contribution is -0.141. The lowest BCUT2D eigenvalue weighted by Crippen LogP contribution is -2.35. The fraction of sp³-hybridized carbons (Fsp3) is 0.450. The fourth-order valence-corrected chi connectivity index (χ4v) is 5.28. The van der Waals surface area contributed by atoms with Crippen LogP contribution in [0, 0.1) is 11.8 Å². The standard InChI is InChI=1S/C20H20F3N5S/c21-20(22,23)17-5-2-6-18(25-17)28-10-13-7-8-15(14(13)11-28)24-9-12-3-1-4-16-19(12)27-29-26-16/h1-6,13-15,24H,7-11H2/t13-,14+,15+/m1/s1. The molecule has 2 fully saturated rings. The van der Waals surface area contributed by atoms with E-state index in [0.29, 0.717) is 23.7 Å². The van der Waals surface area contributed by atoms with Crippen molar-refractivity contribution in [1.82, 2.24) is 19.0 Å². The number of hydrogen-bond donors (Lipinski definition) is 1. The van der Waals surface area contributed by atoms with Crippen molar-refractivity contribution < 1.29 is 13.2 Å². The number of pyridine rings is 1. The molecule has 0 unspecified atom stereocenters. The molecule has 0 bridgehead atoms. The molecule has 9 heteroatoms. The van der Waals surface area contributed by atoms with Crippen LogP contribution in [0.4, 0.5) is 19.0 Å². The summed E-state index contributed by atoms with van der Waals surface area (Å²) in [5.41, 5.74) is 2.17. The highest BCUT2D eigenvalue weighted by atomic mass is 32.1. The smallest absolute Gasteiger partial charge is 0.356 e. The summed E-state index contributed by atoms with van der Waals surface area (Å²) in [6, 6.07) is 10.5. The highest BCUT2D eigenvalue weighted by Gasteiger charge is 2.43. The molecule has 1 aliphatic heterocycles. The van der Waals surface area contributed by atoms with E-state index in [4.69, 9.17) is 0 Å². The number of rotatable bonds is 4. The second kappa shape index (κ2) is 7.21. The normalized spacial score (nSPS) is 24.4. The van der Waals surface area contributed by atoms with Gasteiger partial charge in [0.05, 0.1) is 11.7 Å². The summed E-state index contributed by atoms with van der Waals surface area (Å²) in [7, 11) is 0. The number of fused-ring (bicyclic) bond motifs is 2. The van der Waals surface area contributed by atoms with Gasteiger partial charge < -0.3 is 10.2 Å². The summed E-state index contributed by atoms with van der Waals surface area (Å²) in [6.45, 7) is 2.22. The van der Waals surface area contributed by atoms with Gasteiger partial charge in [0.25, 0.3) is 0 Å². The molecule has 1 aromatic carbocycles. The summed E-state index contributed by atoms with van der Waals surface area (Å²) >= 11 is 1.22. The van der Waals surface area contributed by atoms with Crippen molar-refractivity contribution in [3.63, 3.8) is 0 Å². The van der Waals surface area contributed by atoms with Crippen molar-refractivity contribution in [1.29, 1.82) is 0 Å². The van der Waals surface area contributed by atoms with Crippen LogP contribution in [-0.2, 0) is 12.7 Å². The zero-order valence-electron chi connectivity index (χ0n) is 15.6. The second-order valence-electron chi connectivity index (χ2n) is 7.82. The van der Waals surface area contributed by atoms with Gasteiger partial charge in [-0.15, -0.1) is 0 Å². The van der Waals surface area contributed by atoms with Crippen LogP contribution in [0.5, 0.6) is 0 Å². The number of halogens is 3. The van der Waals surface area contributed by atoms with Gasteiger partial charge in [-0.05, 0) is 48.4 Å². The van der Waals surface area contributed by atoms with Crippen LogP contribution in [0.15, 0.2) is 36.4 Å². The minimum atomic E-state index is -4.42. The van der Waals surface area contributed by atoms with Crippen molar-refractivity contribution in [3.8, 4) is 0 Å². The number of nitrogens with one attached hydrogen (secondary N) is 1. The molecule has 3 heterocycles. The van der Waals surface area contributed by atoms with Gasteiger partial charge in [-0.1, -0.05) is 18.2 Å². The van der Waals surface area contributed by atoms with Gasteiger partial charge in [0.15, 0.2) is 0 Å². The molecule has 3 aromatic rings. The summed E-state index contributed by atoms with van der Waals surface area (Å²) in [5, 5.41) is 3.67. The Morgan fingerprint density at radius 1 is 1.07 bits per heavy atom. The van der Waals surface area contributed by atoms with Crippen LogP contribution in [-0.4, -0.2) is 32.9 Å². The van der Waals surface area contributed by atoms with Gasteiger partial charge in [-0.2, -0.15) is 21.9 Å². The lowest BCUT2D eigenvalue weighted by atomic mass is 9.97. The molecule has 152 valence electrons. The van der Waals surface area contributed by atoms with Crippen molar-refractivity contribution in [3.05, 3.63) is 47.7 Å². The Kier molecular flexibility index (Phi) is 4.66. The molecular formula is C20H20F3N5S. The molecule has 0 amide bonds.